The van der Waals surface area contributed by atoms with Crippen molar-refractivity contribution in [3.8, 4) is 0 Å². The van der Waals surface area contributed by atoms with E-state index in [1.54, 1.807) is 7.11 Å². The first-order valence-corrected chi connectivity index (χ1v) is 4.05. The van der Waals surface area contributed by atoms with Crippen LogP contribution in [0.2, 0.25) is 0 Å². The summed E-state index contributed by atoms with van der Waals surface area (Å²) in [4.78, 5) is 0. The van der Waals surface area contributed by atoms with Gasteiger partial charge in [0.15, 0.2) is 0 Å². The van der Waals surface area contributed by atoms with Gasteiger partial charge in [0.1, 0.15) is 0 Å². The zero-order chi connectivity index (χ0) is 8.69. The van der Waals surface area contributed by atoms with Crippen LogP contribution in [-0.4, -0.2) is 26.3 Å². The van der Waals surface area contributed by atoms with E-state index in [1.807, 2.05) is 13.1 Å². The molecule has 0 aromatic heterocycles. The highest BCUT2D eigenvalue weighted by atomic mass is 16.5. The number of hydrogen-bond acceptors (Lipinski definition) is 2. The fraction of sp³-hybridized carbons (Fsp3) is 0.778. The monoisotopic (exact) mass is 157 g/mol. The lowest BCUT2D eigenvalue weighted by Gasteiger charge is -2.17. The summed E-state index contributed by atoms with van der Waals surface area (Å²) in [5.74, 6) is 0. The van der Waals surface area contributed by atoms with Gasteiger partial charge >= 0.3 is 0 Å². The van der Waals surface area contributed by atoms with Gasteiger partial charge in [0.2, 0.25) is 0 Å². The summed E-state index contributed by atoms with van der Waals surface area (Å²) in [7, 11) is 3.71. The molecule has 2 heteroatoms. The van der Waals surface area contributed by atoms with Crippen LogP contribution >= 0.6 is 0 Å². The molecule has 0 aliphatic heterocycles. The standard InChI is InChI=1S/C9H19NO/c1-5-6-9(11-4)7-8(2)10-3/h5,8-10H,1,6-7H2,2-4H3. The molecule has 0 bridgehead atoms. The highest BCUT2D eigenvalue weighted by Gasteiger charge is 2.08. The van der Waals surface area contributed by atoms with Crippen molar-refractivity contribution in [3.05, 3.63) is 12.7 Å². The maximum atomic E-state index is 5.25. The van der Waals surface area contributed by atoms with Crippen LogP contribution in [-0.2, 0) is 4.74 Å². The average molecular weight is 157 g/mol. The molecular formula is C9H19NO. The van der Waals surface area contributed by atoms with E-state index < -0.39 is 0 Å². The molecule has 1 N–H and O–H groups in total. The summed E-state index contributed by atoms with van der Waals surface area (Å²) >= 11 is 0. The van der Waals surface area contributed by atoms with Crippen LogP contribution in [0.4, 0.5) is 0 Å². The molecule has 0 amide bonds. The Labute approximate surface area is 69.6 Å². The molecule has 0 saturated carbocycles. The molecule has 2 unspecified atom stereocenters. The Hall–Kier alpha value is -0.340. The molecule has 0 aliphatic rings. The van der Waals surface area contributed by atoms with E-state index in [4.69, 9.17) is 4.74 Å². The lowest BCUT2D eigenvalue weighted by molar-refractivity contribution is 0.0904. The summed E-state index contributed by atoms with van der Waals surface area (Å²) in [5.41, 5.74) is 0. The van der Waals surface area contributed by atoms with Crippen LogP contribution < -0.4 is 5.32 Å². The van der Waals surface area contributed by atoms with Crippen LogP contribution in [0.3, 0.4) is 0 Å². The molecule has 0 fully saturated rings. The van der Waals surface area contributed by atoms with Crippen molar-refractivity contribution in [2.24, 2.45) is 0 Å². The van der Waals surface area contributed by atoms with Gasteiger partial charge in [-0.2, -0.15) is 0 Å². The van der Waals surface area contributed by atoms with E-state index in [0.717, 1.165) is 12.8 Å². The Kier molecular flexibility index (Phi) is 6.18. The van der Waals surface area contributed by atoms with Crippen LogP contribution in [0.15, 0.2) is 12.7 Å². The Bertz CT molecular complexity index is 104. The third-order valence-corrected chi connectivity index (χ3v) is 1.87. The highest BCUT2D eigenvalue weighted by Crippen LogP contribution is 2.05. The molecule has 0 aliphatic carbocycles. The van der Waals surface area contributed by atoms with E-state index in [0.29, 0.717) is 12.1 Å². The fourth-order valence-electron chi connectivity index (χ4n) is 0.987. The highest BCUT2D eigenvalue weighted by molar-refractivity contribution is 4.76. The summed E-state index contributed by atoms with van der Waals surface area (Å²) in [6.07, 6.45) is 4.19. The second-order valence-corrected chi connectivity index (χ2v) is 2.81. The Morgan fingerprint density at radius 3 is 2.64 bits per heavy atom. The summed E-state index contributed by atoms with van der Waals surface area (Å²) in [5, 5.41) is 3.17. The van der Waals surface area contributed by atoms with E-state index in [-0.39, 0.29) is 0 Å². The molecule has 0 heterocycles. The zero-order valence-corrected chi connectivity index (χ0v) is 7.76. The lowest BCUT2D eigenvalue weighted by Crippen LogP contribution is -2.27. The fourth-order valence-corrected chi connectivity index (χ4v) is 0.987. The predicted octanol–water partition coefficient (Wildman–Crippen LogP) is 1.58. The number of methoxy groups -OCH3 is 1. The third kappa shape index (κ3) is 4.99. The molecular weight excluding hydrogens is 138 g/mol. The molecule has 11 heavy (non-hydrogen) atoms. The van der Waals surface area contributed by atoms with Gasteiger partial charge in [0.05, 0.1) is 6.10 Å². The molecule has 66 valence electrons. The van der Waals surface area contributed by atoms with Crippen molar-refractivity contribution in [1.82, 2.24) is 5.32 Å². The quantitative estimate of drug-likeness (QED) is 0.591. The first-order chi connectivity index (χ1) is 5.24. The van der Waals surface area contributed by atoms with E-state index >= 15 is 0 Å². The van der Waals surface area contributed by atoms with E-state index in [2.05, 4.69) is 18.8 Å². The maximum Gasteiger partial charge on any atom is 0.0620 e. The van der Waals surface area contributed by atoms with Crippen molar-refractivity contribution < 1.29 is 4.74 Å². The minimum atomic E-state index is 0.315. The van der Waals surface area contributed by atoms with Crippen molar-refractivity contribution in [3.63, 3.8) is 0 Å². The van der Waals surface area contributed by atoms with Crippen LogP contribution in [0.25, 0.3) is 0 Å². The molecule has 0 saturated heterocycles. The second-order valence-electron chi connectivity index (χ2n) is 2.81. The minimum Gasteiger partial charge on any atom is -0.381 e. The van der Waals surface area contributed by atoms with Gasteiger partial charge in [-0.1, -0.05) is 6.08 Å². The molecule has 2 atom stereocenters. The lowest BCUT2D eigenvalue weighted by atomic mass is 10.1. The predicted molar refractivity (Wildman–Crippen MR) is 48.7 cm³/mol. The smallest absolute Gasteiger partial charge is 0.0620 e. The van der Waals surface area contributed by atoms with Crippen LogP contribution in [0, 0.1) is 0 Å². The van der Waals surface area contributed by atoms with Crippen molar-refractivity contribution in [1.29, 1.82) is 0 Å². The van der Waals surface area contributed by atoms with Gasteiger partial charge < -0.3 is 10.1 Å². The van der Waals surface area contributed by atoms with Gasteiger partial charge in [-0.25, -0.2) is 0 Å². The molecule has 0 spiro atoms. The van der Waals surface area contributed by atoms with Crippen molar-refractivity contribution in [2.75, 3.05) is 14.2 Å². The first kappa shape index (κ1) is 10.7. The van der Waals surface area contributed by atoms with Gasteiger partial charge in [0.25, 0.3) is 0 Å². The number of nitrogens with one attached hydrogen (secondary N) is 1. The van der Waals surface area contributed by atoms with Gasteiger partial charge in [-0.3, -0.25) is 0 Å². The SMILES string of the molecule is C=CCC(CC(C)NC)OC. The molecule has 0 rings (SSSR count). The summed E-state index contributed by atoms with van der Waals surface area (Å²) in [6.45, 7) is 5.83. The van der Waals surface area contributed by atoms with Gasteiger partial charge in [0, 0.05) is 13.2 Å². The number of hydrogen-bond donors (Lipinski definition) is 1. The Morgan fingerprint density at radius 2 is 2.27 bits per heavy atom. The molecule has 2 nitrogen and oxygen atoms in total. The number of rotatable bonds is 6. The molecule has 0 aromatic carbocycles. The second kappa shape index (κ2) is 6.38. The Morgan fingerprint density at radius 1 is 1.64 bits per heavy atom. The van der Waals surface area contributed by atoms with E-state index in [1.165, 1.54) is 0 Å². The normalized spacial score (nSPS) is 15.9. The average Bonchev–Trinajstić information content (AvgIpc) is 2.03. The van der Waals surface area contributed by atoms with Crippen molar-refractivity contribution in [2.45, 2.75) is 31.9 Å². The van der Waals surface area contributed by atoms with Gasteiger partial charge in [-0.05, 0) is 26.8 Å². The summed E-state index contributed by atoms with van der Waals surface area (Å²) in [6, 6.07) is 0.514. The largest absolute Gasteiger partial charge is 0.381 e. The molecule has 0 radical (unpaired) electrons. The maximum absolute atomic E-state index is 5.25. The first-order valence-electron chi connectivity index (χ1n) is 4.05. The van der Waals surface area contributed by atoms with Crippen LogP contribution in [0.1, 0.15) is 19.8 Å². The minimum absolute atomic E-state index is 0.315. The zero-order valence-electron chi connectivity index (χ0n) is 7.76. The van der Waals surface area contributed by atoms with Gasteiger partial charge in [-0.15, -0.1) is 6.58 Å². The summed E-state index contributed by atoms with van der Waals surface area (Å²) < 4.78 is 5.25. The van der Waals surface area contributed by atoms with Crippen molar-refractivity contribution >= 4 is 0 Å². The van der Waals surface area contributed by atoms with E-state index in [9.17, 15) is 0 Å². The topological polar surface area (TPSA) is 21.3 Å². The third-order valence-electron chi connectivity index (χ3n) is 1.87. The number of ether oxygens (including phenoxy) is 1. The Balaban J connectivity index is 3.57. The van der Waals surface area contributed by atoms with Crippen LogP contribution in [0.5, 0.6) is 0 Å². The molecule has 0 aromatic rings.